The summed E-state index contributed by atoms with van der Waals surface area (Å²) in [5, 5.41) is 17.9. The van der Waals surface area contributed by atoms with E-state index in [1.54, 1.807) is 6.20 Å². The third kappa shape index (κ3) is 2.01. The van der Waals surface area contributed by atoms with Gasteiger partial charge in [-0.1, -0.05) is 0 Å². The number of halogens is 1. The van der Waals surface area contributed by atoms with Gasteiger partial charge >= 0.3 is 0 Å². The molecule has 0 saturated heterocycles. The van der Waals surface area contributed by atoms with Crippen LogP contribution in [0.15, 0.2) is 12.3 Å². The Balaban J connectivity index is 0.00000135. The summed E-state index contributed by atoms with van der Waals surface area (Å²) < 4.78 is 1.92. The lowest BCUT2D eigenvalue weighted by Gasteiger charge is -2.34. The number of nitrogens with one attached hydrogen (secondary N) is 1. The SMILES string of the molecule is Cl.NC1CC(Nc2c3c(nc4ccnn24)C2(CC2)C(CO)C3)C1. The lowest BCUT2D eigenvalue weighted by molar-refractivity contribution is 0.204. The highest BCUT2D eigenvalue weighted by Crippen LogP contribution is 2.60. The van der Waals surface area contributed by atoms with E-state index in [1.807, 2.05) is 10.6 Å². The highest BCUT2D eigenvalue weighted by Gasteiger charge is 2.57. The van der Waals surface area contributed by atoms with Crippen molar-refractivity contribution in [1.82, 2.24) is 14.6 Å². The number of nitrogens with two attached hydrogens (primary N) is 1. The number of hydrogen-bond donors (Lipinski definition) is 3. The maximum atomic E-state index is 9.78. The van der Waals surface area contributed by atoms with Crippen LogP contribution in [-0.4, -0.2) is 38.4 Å². The minimum absolute atomic E-state index is 0. The van der Waals surface area contributed by atoms with E-state index in [4.69, 9.17) is 10.7 Å². The molecular formula is C16H22ClN5O. The molecule has 3 aliphatic carbocycles. The van der Waals surface area contributed by atoms with Crippen LogP contribution in [0.2, 0.25) is 0 Å². The van der Waals surface area contributed by atoms with Crippen LogP contribution in [0.1, 0.15) is 36.9 Å². The van der Waals surface area contributed by atoms with Gasteiger partial charge in [0.05, 0.1) is 11.9 Å². The molecule has 4 N–H and O–H groups in total. The molecule has 2 fully saturated rings. The maximum Gasteiger partial charge on any atom is 0.157 e. The lowest BCUT2D eigenvalue weighted by atomic mass is 9.87. The van der Waals surface area contributed by atoms with Gasteiger partial charge in [0.25, 0.3) is 0 Å². The van der Waals surface area contributed by atoms with Crippen LogP contribution in [-0.2, 0) is 11.8 Å². The van der Waals surface area contributed by atoms with Crippen LogP contribution in [0.5, 0.6) is 0 Å². The largest absolute Gasteiger partial charge is 0.396 e. The second-order valence-corrected chi connectivity index (χ2v) is 7.20. The summed E-state index contributed by atoms with van der Waals surface area (Å²) in [5.74, 6) is 1.38. The van der Waals surface area contributed by atoms with Crippen molar-refractivity contribution in [2.45, 2.75) is 49.6 Å². The number of fused-ring (bicyclic) bond motifs is 3. The Morgan fingerprint density at radius 1 is 1.39 bits per heavy atom. The Bertz CT molecular complexity index is 750. The monoisotopic (exact) mass is 335 g/mol. The Hall–Kier alpha value is -1.37. The predicted molar refractivity (Wildman–Crippen MR) is 90.0 cm³/mol. The second-order valence-electron chi connectivity index (χ2n) is 7.20. The van der Waals surface area contributed by atoms with Crippen molar-refractivity contribution in [1.29, 1.82) is 0 Å². The molecule has 23 heavy (non-hydrogen) atoms. The molecule has 0 radical (unpaired) electrons. The number of nitrogens with zero attached hydrogens (tertiary/aromatic N) is 3. The Morgan fingerprint density at radius 2 is 2.17 bits per heavy atom. The molecule has 0 amide bonds. The number of rotatable bonds is 3. The molecule has 2 saturated carbocycles. The predicted octanol–water partition coefficient (Wildman–Crippen LogP) is 1.25. The van der Waals surface area contributed by atoms with Gasteiger partial charge in [-0.2, -0.15) is 9.61 Å². The van der Waals surface area contributed by atoms with Crippen LogP contribution in [0.4, 0.5) is 5.82 Å². The van der Waals surface area contributed by atoms with Gasteiger partial charge < -0.3 is 16.2 Å². The third-order valence-corrected chi connectivity index (χ3v) is 5.86. The van der Waals surface area contributed by atoms with E-state index < -0.39 is 0 Å². The van der Waals surface area contributed by atoms with Gasteiger partial charge in [-0.25, -0.2) is 4.98 Å². The second kappa shape index (κ2) is 5.06. The van der Waals surface area contributed by atoms with Crippen molar-refractivity contribution in [2.75, 3.05) is 11.9 Å². The van der Waals surface area contributed by atoms with Crippen LogP contribution >= 0.6 is 12.4 Å². The van der Waals surface area contributed by atoms with Gasteiger partial charge in [0.15, 0.2) is 5.65 Å². The molecule has 2 aromatic rings. The normalized spacial score (nSPS) is 29.9. The maximum absolute atomic E-state index is 9.78. The molecular weight excluding hydrogens is 314 g/mol. The van der Waals surface area contributed by atoms with Crippen molar-refractivity contribution < 1.29 is 5.11 Å². The number of aromatic nitrogens is 3. The van der Waals surface area contributed by atoms with Crippen LogP contribution in [0, 0.1) is 5.92 Å². The van der Waals surface area contributed by atoms with E-state index in [2.05, 4.69) is 10.4 Å². The standard InChI is InChI=1S/C16H21N5O.ClH/c17-10-6-11(7-10)19-15-12-5-9(8-22)16(2-3-16)14(12)20-13-1-4-18-21(13)15;/h1,4,9-11,19,22H,2-3,5-8,17H2;1H. The van der Waals surface area contributed by atoms with Crippen molar-refractivity contribution in [3.8, 4) is 0 Å². The van der Waals surface area contributed by atoms with Crippen LogP contribution < -0.4 is 11.1 Å². The van der Waals surface area contributed by atoms with Gasteiger partial charge in [0, 0.05) is 35.7 Å². The number of hydrogen-bond acceptors (Lipinski definition) is 5. The molecule has 2 heterocycles. The summed E-state index contributed by atoms with van der Waals surface area (Å²) in [6.45, 7) is 0.242. The van der Waals surface area contributed by atoms with Crippen molar-refractivity contribution in [2.24, 2.45) is 11.7 Å². The topological polar surface area (TPSA) is 88.5 Å². The number of aliphatic hydroxyl groups excluding tert-OH is 1. The molecule has 7 heteroatoms. The molecule has 124 valence electrons. The summed E-state index contributed by atoms with van der Waals surface area (Å²) in [6, 6.07) is 2.71. The average Bonchev–Trinajstić information content (AvgIpc) is 3.02. The van der Waals surface area contributed by atoms with Crippen molar-refractivity contribution >= 4 is 23.9 Å². The van der Waals surface area contributed by atoms with Gasteiger partial charge in [0.1, 0.15) is 5.82 Å². The molecule has 6 nitrogen and oxygen atoms in total. The van der Waals surface area contributed by atoms with Crippen molar-refractivity contribution in [3.05, 3.63) is 23.5 Å². The lowest BCUT2D eigenvalue weighted by Crippen LogP contribution is -2.45. The Labute approximate surface area is 140 Å². The smallest absolute Gasteiger partial charge is 0.157 e. The third-order valence-electron chi connectivity index (χ3n) is 5.86. The van der Waals surface area contributed by atoms with Crippen LogP contribution in [0.25, 0.3) is 5.65 Å². The fourth-order valence-electron chi connectivity index (χ4n) is 4.36. The highest BCUT2D eigenvalue weighted by atomic mass is 35.5. The average molecular weight is 336 g/mol. The summed E-state index contributed by atoms with van der Waals surface area (Å²) in [5.41, 5.74) is 9.40. The molecule has 2 aromatic heterocycles. The first-order valence-electron chi connectivity index (χ1n) is 8.21. The Kier molecular flexibility index (Phi) is 3.34. The quantitative estimate of drug-likeness (QED) is 0.785. The minimum Gasteiger partial charge on any atom is -0.396 e. The molecule has 5 rings (SSSR count). The molecule has 0 aliphatic heterocycles. The van der Waals surface area contributed by atoms with E-state index in [9.17, 15) is 5.11 Å². The fourth-order valence-corrected chi connectivity index (χ4v) is 4.36. The van der Waals surface area contributed by atoms with E-state index in [1.165, 1.54) is 11.3 Å². The zero-order chi connectivity index (χ0) is 14.9. The minimum atomic E-state index is 0. The molecule has 0 bridgehead atoms. The zero-order valence-corrected chi connectivity index (χ0v) is 13.7. The first-order valence-corrected chi connectivity index (χ1v) is 8.21. The van der Waals surface area contributed by atoms with E-state index >= 15 is 0 Å². The highest BCUT2D eigenvalue weighted by molar-refractivity contribution is 5.85. The number of aliphatic hydroxyl groups is 1. The van der Waals surface area contributed by atoms with Gasteiger partial charge in [0.2, 0.25) is 0 Å². The summed E-state index contributed by atoms with van der Waals surface area (Å²) in [7, 11) is 0. The van der Waals surface area contributed by atoms with E-state index in [0.29, 0.717) is 18.0 Å². The van der Waals surface area contributed by atoms with Gasteiger partial charge in [-0.15, -0.1) is 12.4 Å². The summed E-state index contributed by atoms with van der Waals surface area (Å²) in [4.78, 5) is 4.88. The van der Waals surface area contributed by atoms with Gasteiger partial charge in [-0.05, 0) is 38.0 Å². The molecule has 1 atom stereocenters. The van der Waals surface area contributed by atoms with Crippen LogP contribution in [0.3, 0.4) is 0 Å². The Morgan fingerprint density at radius 3 is 2.83 bits per heavy atom. The molecule has 1 spiro atoms. The van der Waals surface area contributed by atoms with Gasteiger partial charge in [-0.3, -0.25) is 0 Å². The molecule has 0 aromatic carbocycles. The number of anilines is 1. The fraction of sp³-hybridized carbons (Fsp3) is 0.625. The summed E-state index contributed by atoms with van der Waals surface area (Å²) in [6.07, 6.45) is 7.02. The summed E-state index contributed by atoms with van der Waals surface area (Å²) >= 11 is 0. The zero-order valence-electron chi connectivity index (χ0n) is 12.9. The molecule has 1 unspecified atom stereocenters. The first kappa shape index (κ1) is 15.2. The van der Waals surface area contributed by atoms with E-state index in [-0.39, 0.29) is 24.4 Å². The van der Waals surface area contributed by atoms with E-state index in [0.717, 1.165) is 43.6 Å². The first-order chi connectivity index (χ1) is 10.7. The van der Waals surface area contributed by atoms with Crippen molar-refractivity contribution in [3.63, 3.8) is 0 Å². The molecule has 3 aliphatic rings.